The van der Waals surface area contributed by atoms with Gasteiger partial charge in [0.25, 0.3) is 6.43 Å². The van der Waals surface area contributed by atoms with Crippen molar-refractivity contribution < 1.29 is 13.5 Å². The van der Waals surface area contributed by atoms with Crippen LogP contribution in [0.25, 0.3) is 0 Å². The van der Waals surface area contributed by atoms with Crippen LogP contribution >= 0.6 is 0 Å². The number of hydrogen-bond donors (Lipinski definition) is 1. The van der Waals surface area contributed by atoms with Gasteiger partial charge in [-0.15, -0.1) is 0 Å². The number of morpholine rings is 1. The van der Waals surface area contributed by atoms with Crippen molar-refractivity contribution in [2.45, 2.75) is 51.2 Å². The molecular formula is C15H29F2N3O. The Bertz CT molecular complexity index is 293. The van der Waals surface area contributed by atoms with E-state index in [1.165, 1.54) is 0 Å². The zero-order valence-corrected chi connectivity index (χ0v) is 13.2. The number of alkyl halides is 2. The van der Waals surface area contributed by atoms with Crippen molar-refractivity contribution >= 4 is 0 Å². The van der Waals surface area contributed by atoms with E-state index in [0.717, 1.165) is 52.2 Å². The topological polar surface area (TPSA) is 27.7 Å². The predicted octanol–water partition coefficient (Wildman–Crippen LogP) is 1.41. The molecule has 2 heterocycles. The van der Waals surface area contributed by atoms with Crippen molar-refractivity contribution in [1.82, 2.24) is 15.1 Å². The number of nitrogens with one attached hydrogen (secondary N) is 1. The minimum absolute atomic E-state index is 0.0769. The first-order chi connectivity index (χ1) is 10.1. The van der Waals surface area contributed by atoms with E-state index in [9.17, 15) is 8.78 Å². The molecule has 2 fully saturated rings. The Morgan fingerprint density at radius 3 is 2.29 bits per heavy atom. The van der Waals surface area contributed by atoms with Gasteiger partial charge in [-0.1, -0.05) is 0 Å². The van der Waals surface area contributed by atoms with Crippen LogP contribution < -0.4 is 5.32 Å². The molecule has 21 heavy (non-hydrogen) atoms. The quantitative estimate of drug-likeness (QED) is 0.803. The lowest BCUT2D eigenvalue weighted by molar-refractivity contribution is 0.0115. The van der Waals surface area contributed by atoms with Crippen LogP contribution in [0.1, 0.15) is 26.7 Å². The van der Waals surface area contributed by atoms with Gasteiger partial charge in [0, 0.05) is 31.2 Å². The fourth-order valence-electron chi connectivity index (χ4n) is 3.29. The second-order valence-corrected chi connectivity index (χ2v) is 6.31. The summed E-state index contributed by atoms with van der Waals surface area (Å²) < 4.78 is 30.1. The third kappa shape index (κ3) is 5.43. The first kappa shape index (κ1) is 17.1. The molecule has 0 saturated carbocycles. The second-order valence-electron chi connectivity index (χ2n) is 6.31. The summed E-state index contributed by atoms with van der Waals surface area (Å²) in [4.78, 5) is 4.34. The molecule has 1 N–H and O–H groups in total. The molecule has 4 nitrogen and oxygen atoms in total. The molecule has 0 aliphatic carbocycles. The molecule has 2 aliphatic heterocycles. The summed E-state index contributed by atoms with van der Waals surface area (Å²) in [5.74, 6) is 0. The lowest BCUT2D eigenvalue weighted by Crippen LogP contribution is -2.54. The van der Waals surface area contributed by atoms with Crippen LogP contribution in [0.3, 0.4) is 0 Å². The van der Waals surface area contributed by atoms with E-state index < -0.39 is 6.43 Å². The molecule has 0 spiro atoms. The lowest BCUT2D eigenvalue weighted by Gasteiger charge is -2.39. The Morgan fingerprint density at radius 1 is 1.10 bits per heavy atom. The van der Waals surface area contributed by atoms with E-state index in [0.29, 0.717) is 18.1 Å². The summed E-state index contributed by atoms with van der Waals surface area (Å²) in [5.41, 5.74) is 0. The van der Waals surface area contributed by atoms with Gasteiger partial charge in [-0.05, 0) is 39.8 Å². The van der Waals surface area contributed by atoms with E-state index in [-0.39, 0.29) is 6.54 Å². The van der Waals surface area contributed by atoms with Gasteiger partial charge in [0.2, 0.25) is 0 Å². The molecule has 0 bridgehead atoms. The Balaban J connectivity index is 1.69. The minimum atomic E-state index is -2.21. The maximum absolute atomic E-state index is 12.4. The van der Waals surface area contributed by atoms with Crippen LogP contribution in [0, 0.1) is 0 Å². The molecular weight excluding hydrogens is 276 g/mol. The van der Waals surface area contributed by atoms with E-state index in [4.69, 9.17) is 4.74 Å². The van der Waals surface area contributed by atoms with E-state index in [1.54, 1.807) is 0 Å². The summed E-state index contributed by atoms with van der Waals surface area (Å²) in [5, 5.41) is 3.69. The third-order valence-corrected chi connectivity index (χ3v) is 4.83. The van der Waals surface area contributed by atoms with Crippen molar-refractivity contribution in [3.8, 4) is 0 Å². The summed E-state index contributed by atoms with van der Waals surface area (Å²) in [6.07, 6.45) is -0.283. The summed E-state index contributed by atoms with van der Waals surface area (Å²) in [6, 6.07) is 1.35. The molecule has 2 aliphatic rings. The van der Waals surface area contributed by atoms with Gasteiger partial charge in [-0.25, -0.2) is 8.78 Å². The molecule has 2 saturated heterocycles. The maximum atomic E-state index is 12.4. The van der Waals surface area contributed by atoms with Crippen molar-refractivity contribution in [1.29, 1.82) is 0 Å². The fraction of sp³-hybridized carbons (Fsp3) is 1.00. The highest BCUT2D eigenvalue weighted by Crippen LogP contribution is 2.14. The monoisotopic (exact) mass is 305 g/mol. The standard InChI is InChI=1S/C15H29F2N3O/c1-12(13(2)20-7-9-21-10-8-20)18-14-3-5-19(6-4-14)11-15(16)17/h12-15,18H,3-11H2,1-2H3/t12-,13-/m1/s1. The van der Waals surface area contributed by atoms with Crippen molar-refractivity contribution in [3.63, 3.8) is 0 Å². The fourth-order valence-corrected chi connectivity index (χ4v) is 3.29. The SMILES string of the molecule is C[C@H]([C@@H](C)NC1CCN(CC(F)F)CC1)N1CCOCC1. The van der Waals surface area contributed by atoms with Crippen LogP contribution in [0.5, 0.6) is 0 Å². The van der Waals surface area contributed by atoms with Crippen LogP contribution in [0.15, 0.2) is 0 Å². The highest BCUT2D eigenvalue weighted by molar-refractivity contribution is 4.85. The van der Waals surface area contributed by atoms with Crippen molar-refractivity contribution in [3.05, 3.63) is 0 Å². The average molecular weight is 305 g/mol. The van der Waals surface area contributed by atoms with Gasteiger partial charge in [0.1, 0.15) is 0 Å². The van der Waals surface area contributed by atoms with Gasteiger partial charge >= 0.3 is 0 Å². The first-order valence-corrected chi connectivity index (χ1v) is 8.14. The number of hydrogen-bond acceptors (Lipinski definition) is 4. The van der Waals surface area contributed by atoms with Crippen molar-refractivity contribution in [2.24, 2.45) is 0 Å². The molecule has 6 heteroatoms. The normalized spacial score (nSPS) is 26.1. The zero-order valence-electron chi connectivity index (χ0n) is 13.2. The smallest absolute Gasteiger partial charge is 0.251 e. The number of rotatable bonds is 6. The first-order valence-electron chi connectivity index (χ1n) is 8.14. The van der Waals surface area contributed by atoms with Gasteiger partial charge in [-0.3, -0.25) is 9.80 Å². The van der Waals surface area contributed by atoms with E-state index in [2.05, 4.69) is 24.1 Å². The number of halogens is 2. The number of likely N-dealkylation sites (tertiary alicyclic amines) is 1. The molecule has 0 unspecified atom stereocenters. The largest absolute Gasteiger partial charge is 0.379 e. The van der Waals surface area contributed by atoms with Gasteiger partial charge in [0.05, 0.1) is 19.8 Å². The minimum Gasteiger partial charge on any atom is -0.379 e. The van der Waals surface area contributed by atoms with Gasteiger partial charge in [0.15, 0.2) is 0 Å². The Hall–Kier alpha value is -0.300. The van der Waals surface area contributed by atoms with Gasteiger partial charge in [-0.2, -0.15) is 0 Å². The third-order valence-electron chi connectivity index (χ3n) is 4.83. The van der Waals surface area contributed by atoms with Crippen LogP contribution in [0.4, 0.5) is 8.78 Å². The highest BCUT2D eigenvalue weighted by atomic mass is 19.3. The summed E-state index contributed by atoms with van der Waals surface area (Å²) in [7, 11) is 0. The van der Waals surface area contributed by atoms with Gasteiger partial charge < -0.3 is 10.1 Å². The summed E-state index contributed by atoms with van der Waals surface area (Å²) >= 11 is 0. The molecule has 2 atom stereocenters. The van der Waals surface area contributed by atoms with Crippen molar-refractivity contribution in [2.75, 3.05) is 45.9 Å². The van der Waals surface area contributed by atoms with E-state index >= 15 is 0 Å². The molecule has 0 radical (unpaired) electrons. The van der Waals surface area contributed by atoms with Crippen LogP contribution in [-0.4, -0.2) is 80.3 Å². The molecule has 0 aromatic rings. The number of ether oxygens (including phenoxy) is 1. The average Bonchev–Trinajstić information content (AvgIpc) is 2.49. The number of piperidine rings is 1. The Labute approximate surface area is 126 Å². The zero-order chi connectivity index (χ0) is 15.2. The maximum Gasteiger partial charge on any atom is 0.251 e. The second kappa shape index (κ2) is 8.36. The number of nitrogens with zero attached hydrogens (tertiary/aromatic N) is 2. The van der Waals surface area contributed by atoms with Crippen LogP contribution in [0.2, 0.25) is 0 Å². The summed E-state index contributed by atoms with van der Waals surface area (Å²) in [6.45, 7) is 9.61. The Kier molecular flexibility index (Phi) is 6.79. The molecule has 0 aromatic heterocycles. The molecule has 0 aromatic carbocycles. The molecule has 124 valence electrons. The molecule has 0 amide bonds. The Morgan fingerprint density at radius 2 is 1.71 bits per heavy atom. The van der Waals surface area contributed by atoms with E-state index in [1.807, 2.05) is 4.90 Å². The van der Waals surface area contributed by atoms with Crippen LogP contribution in [-0.2, 0) is 4.74 Å². The lowest BCUT2D eigenvalue weighted by atomic mass is 10.0. The molecule has 2 rings (SSSR count). The predicted molar refractivity (Wildman–Crippen MR) is 79.9 cm³/mol. The highest BCUT2D eigenvalue weighted by Gasteiger charge is 2.26.